The Morgan fingerprint density at radius 1 is 1.32 bits per heavy atom. The number of nitrogens with one attached hydrogen (secondary N) is 1. The van der Waals surface area contributed by atoms with Crippen LogP contribution in [0, 0.1) is 0 Å². The van der Waals surface area contributed by atoms with Crippen LogP contribution in [0.3, 0.4) is 0 Å². The predicted octanol–water partition coefficient (Wildman–Crippen LogP) is 1.32. The molecule has 0 atom stereocenters. The first-order chi connectivity index (χ1) is 8.80. The molecule has 0 aliphatic rings. The Morgan fingerprint density at radius 3 is 2.42 bits per heavy atom. The fourth-order valence-corrected chi connectivity index (χ4v) is 1.99. The highest BCUT2D eigenvalue weighted by atomic mass is 35.5. The molecule has 5 nitrogen and oxygen atoms in total. The van der Waals surface area contributed by atoms with Gasteiger partial charge in [0.2, 0.25) is 15.9 Å². The summed E-state index contributed by atoms with van der Waals surface area (Å²) in [5.74, 6) is -0.316. The maximum Gasteiger partial charge on any atom is 0.237 e. The highest BCUT2D eigenvalue weighted by molar-refractivity contribution is 7.92. The fourth-order valence-electron chi connectivity index (χ4n) is 1.11. The summed E-state index contributed by atoms with van der Waals surface area (Å²) in [5, 5.41) is 1.59. The number of hydrogen-bond acceptors (Lipinski definition) is 3. The molecule has 0 saturated carbocycles. The first kappa shape index (κ1) is 15.7. The average Bonchev–Trinajstić information content (AvgIpc) is 2.35. The molecular formula is C12H15ClN2O3S. The third kappa shape index (κ3) is 5.87. The third-order valence-electron chi connectivity index (χ3n) is 2.23. The molecule has 19 heavy (non-hydrogen) atoms. The van der Waals surface area contributed by atoms with Crippen molar-refractivity contribution < 1.29 is 13.2 Å². The lowest BCUT2D eigenvalue weighted by atomic mass is 10.2. The van der Waals surface area contributed by atoms with Gasteiger partial charge in [-0.05, 0) is 23.8 Å². The molecule has 104 valence electrons. The summed E-state index contributed by atoms with van der Waals surface area (Å²) in [6.07, 6.45) is 1.43. The Bertz CT molecular complexity index is 565. The Morgan fingerprint density at radius 2 is 1.89 bits per heavy atom. The third-order valence-corrected chi connectivity index (χ3v) is 3.53. The SMILES string of the molecule is CN(C)C(=O)CNS(=O)(=O)C=Cc1ccc(Cl)cc1. The monoisotopic (exact) mass is 302 g/mol. The van der Waals surface area contributed by atoms with E-state index >= 15 is 0 Å². The molecule has 1 N–H and O–H groups in total. The van der Waals surface area contributed by atoms with Gasteiger partial charge in [0.05, 0.1) is 6.54 Å². The first-order valence-corrected chi connectivity index (χ1v) is 7.36. The summed E-state index contributed by atoms with van der Waals surface area (Å²) in [5.41, 5.74) is 0.703. The lowest BCUT2D eigenvalue weighted by Crippen LogP contribution is -2.35. The largest absolute Gasteiger partial charge is 0.348 e. The molecule has 0 fully saturated rings. The highest BCUT2D eigenvalue weighted by Crippen LogP contribution is 2.10. The van der Waals surface area contributed by atoms with Crippen LogP contribution in [0.25, 0.3) is 6.08 Å². The highest BCUT2D eigenvalue weighted by Gasteiger charge is 2.09. The number of nitrogens with zero attached hydrogens (tertiary/aromatic N) is 1. The summed E-state index contributed by atoms with van der Waals surface area (Å²) in [6.45, 7) is -0.264. The van der Waals surface area contributed by atoms with Crippen LogP contribution in [0.2, 0.25) is 5.02 Å². The van der Waals surface area contributed by atoms with E-state index in [2.05, 4.69) is 4.72 Å². The summed E-state index contributed by atoms with van der Waals surface area (Å²) >= 11 is 5.72. The molecule has 7 heteroatoms. The van der Waals surface area contributed by atoms with Crippen molar-refractivity contribution >= 4 is 33.6 Å². The van der Waals surface area contributed by atoms with Crippen LogP contribution in [0.4, 0.5) is 0 Å². The maximum absolute atomic E-state index is 11.6. The fraction of sp³-hybridized carbons (Fsp3) is 0.250. The summed E-state index contributed by atoms with van der Waals surface area (Å²) in [7, 11) is -0.518. The summed E-state index contributed by atoms with van der Waals surface area (Å²) < 4.78 is 25.4. The molecule has 0 aromatic heterocycles. The van der Waals surface area contributed by atoms with Gasteiger partial charge in [0.1, 0.15) is 0 Å². The van der Waals surface area contributed by atoms with Gasteiger partial charge in [0, 0.05) is 24.5 Å². The van der Waals surface area contributed by atoms with Crippen molar-refractivity contribution in [3.63, 3.8) is 0 Å². The molecular weight excluding hydrogens is 288 g/mol. The van der Waals surface area contributed by atoms with E-state index in [1.54, 1.807) is 38.4 Å². The summed E-state index contributed by atoms with van der Waals surface area (Å²) in [4.78, 5) is 12.6. The lowest BCUT2D eigenvalue weighted by Gasteiger charge is -2.09. The molecule has 0 bridgehead atoms. The van der Waals surface area contributed by atoms with Crippen LogP contribution >= 0.6 is 11.6 Å². The van der Waals surface area contributed by atoms with Crippen LogP contribution in [0.15, 0.2) is 29.7 Å². The van der Waals surface area contributed by atoms with Gasteiger partial charge >= 0.3 is 0 Å². The van der Waals surface area contributed by atoms with Crippen molar-refractivity contribution in [2.75, 3.05) is 20.6 Å². The van der Waals surface area contributed by atoms with Crippen LogP contribution in [-0.4, -0.2) is 39.9 Å². The zero-order chi connectivity index (χ0) is 14.5. The maximum atomic E-state index is 11.6. The quantitative estimate of drug-likeness (QED) is 0.892. The molecule has 1 aromatic carbocycles. The minimum atomic E-state index is -3.63. The molecule has 0 radical (unpaired) electrons. The van der Waals surface area contributed by atoms with Gasteiger partial charge in [-0.2, -0.15) is 0 Å². The Kier molecular flexibility index (Phi) is 5.53. The van der Waals surface area contributed by atoms with Crippen molar-refractivity contribution in [2.45, 2.75) is 0 Å². The first-order valence-electron chi connectivity index (χ1n) is 5.43. The standard InChI is InChI=1S/C12H15ClN2O3S/c1-15(2)12(16)9-14-19(17,18)8-7-10-3-5-11(13)6-4-10/h3-8,14H,9H2,1-2H3. The molecule has 1 amide bonds. The Hall–Kier alpha value is -1.37. The van der Waals surface area contributed by atoms with Crippen LogP contribution in [-0.2, 0) is 14.8 Å². The number of carbonyl (C=O) groups excluding carboxylic acids is 1. The van der Waals surface area contributed by atoms with Gasteiger partial charge in [0.25, 0.3) is 0 Å². The van der Waals surface area contributed by atoms with Crippen LogP contribution in [0.5, 0.6) is 0 Å². The molecule has 0 spiro atoms. The second-order valence-electron chi connectivity index (χ2n) is 4.01. The van der Waals surface area contributed by atoms with E-state index in [0.717, 1.165) is 5.41 Å². The zero-order valence-electron chi connectivity index (χ0n) is 10.6. The van der Waals surface area contributed by atoms with E-state index in [1.807, 2.05) is 0 Å². The minimum Gasteiger partial charge on any atom is -0.348 e. The number of hydrogen-bond donors (Lipinski definition) is 1. The molecule has 1 aromatic rings. The van der Waals surface area contributed by atoms with Crippen molar-refractivity contribution in [2.24, 2.45) is 0 Å². The Balaban J connectivity index is 2.64. The topological polar surface area (TPSA) is 66.5 Å². The van der Waals surface area contributed by atoms with Gasteiger partial charge in [-0.1, -0.05) is 23.7 Å². The molecule has 0 saturated heterocycles. The smallest absolute Gasteiger partial charge is 0.237 e. The van der Waals surface area contributed by atoms with Gasteiger partial charge in [0.15, 0.2) is 0 Å². The molecule has 0 heterocycles. The van der Waals surface area contributed by atoms with Crippen molar-refractivity contribution in [3.05, 3.63) is 40.3 Å². The minimum absolute atomic E-state index is 0.264. The van der Waals surface area contributed by atoms with Gasteiger partial charge in [-0.25, -0.2) is 13.1 Å². The number of amides is 1. The molecule has 0 aliphatic carbocycles. The number of sulfonamides is 1. The number of halogens is 1. The second-order valence-corrected chi connectivity index (χ2v) is 6.10. The van der Waals surface area contributed by atoms with Crippen LogP contribution < -0.4 is 4.72 Å². The van der Waals surface area contributed by atoms with Gasteiger partial charge < -0.3 is 4.90 Å². The molecule has 0 aliphatic heterocycles. The normalized spacial score (nSPS) is 11.7. The van der Waals surface area contributed by atoms with E-state index in [1.165, 1.54) is 11.0 Å². The Labute approximate surface area is 117 Å². The number of rotatable bonds is 5. The number of likely N-dealkylation sites (N-methyl/N-ethyl adjacent to an activating group) is 1. The van der Waals surface area contributed by atoms with E-state index in [-0.39, 0.29) is 12.5 Å². The van der Waals surface area contributed by atoms with E-state index in [0.29, 0.717) is 10.6 Å². The predicted molar refractivity (Wildman–Crippen MR) is 76.1 cm³/mol. The van der Waals surface area contributed by atoms with Crippen molar-refractivity contribution in [3.8, 4) is 0 Å². The number of benzene rings is 1. The van der Waals surface area contributed by atoms with E-state index in [4.69, 9.17) is 11.6 Å². The van der Waals surface area contributed by atoms with E-state index < -0.39 is 10.0 Å². The van der Waals surface area contributed by atoms with E-state index in [9.17, 15) is 13.2 Å². The van der Waals surface area contributed by atoms with Crippen LogP contribution in [0.1, 0.15) is 5.56 Å². The van der Waals surface area contributed by atoms with Crippen molar-refractivity contribution in [1.82, 2.24) is 9.62 Å². The van der Waals surface area contributed by atoms with Gasteiger partial charge in [-0.15, -0.1) is 0 Å². The van der Waals surface area contributed by atoms with Gasteiger partial charge in [-0.3, -0.25) is 4.79 Å². The number of carbonyl (C=O) groups is 1. The molecule has 1 rings (SSSR count). The average molecular weight is 303 g/mol. The second kappa shape index (κ2) is 6.70. The molecule has 0 unspecified atom stereocenters. The zero-order valence-corrected chi connectivity index (χ0v) is 12.2. The van der Waals surface area contributed by atoms with Crippen molar-refractivity contribution in [1.29, 1.82) is 0 Å². The lowest BCUT2D eigenvalue weighted by molar-refractivity contribution is -0.127. The summed E-state index contributed by atoms with van der Waals surface area (Å²) in [6, 6.07) is 6.71.